The lowest BCUT2D eigenvalue weighted by Gasteiger charge is -2.25. The highest BCUT2D eigenvalue weighted by atomic mass is 35.5. The van der Waals surface area contributed by atoms with Gasteiger partial charge >= 0.3 is 0 Å². The summed E-state index contributed by atoms with van der Waals surface area (Å²) in [6.45, 7) is 3.77. The standard InChI is InChI=1S/C22H25ClN4O4S/c1-2-27-19-8-7-16(32(29,30)26-10-4-3-5-11-26)13-18(19)25-21(27)14-31-20-9-6-15(23)12-17(20)22(24)28/h6-9,12-13H,2-5,10-11,14H2,1H3,(H2,24,28). The first-order valence-electron chi connectivity index (χ1n) is 10.5. The number of carbonyl (C=O) groups excluding carboxylic acids is 1. The molecule has 1 aromatic heterocycles. The minimum Gasteiger partial charge on any atom is -0.485 e. The van der Waals surface area contributed by atoms with Crippen LogP contribution >= 0.6 is 11.6 Å². The number of benzene rings is 2. The number of ether oxygens (including phenoxy) is 1. The highest BCUT2D eigenvalue weighted by Gasteiger charge is 2.26. The Kier molecular flexibility index (Phi) is 6.41. The van der Waals surface area contributed by atoms with Gasteiger partial charge in [0.05, 0.1) is 21.5 Å². The summed E-state index contributed by atoms with van der Waals surface area (Å²) in [5, 5.41) is 0.384. The molecular weight excluding hydrogens is 452 g/mol. The Balaban J connectivity index is 1.64. The van der Waals surface area contributed by atoms with Crippen molar-refractivity contribution in [3.63, 3.8) is 0 Å². The third-order valence-electron chi connectivity index (χ3n) is 5.63. The van der Waals surface area contributed by atoms with E-state index in [-0.39, 0.29) is 17.1 Å². The topological polar surface area (TPSA) is 108 Å². The lowest BCUT2D eigenvalue weighted by Crippen LogP contribution is -2.35. The average molecular weight is 477 g/mol. The minimum absolute atomic E-state index is 0.0820. The minimum atomic E-state index is -3.55. The second-order valence-electron chi connectivity index (χ2n) is 7.68. The summed E-state index contributed by atoms with van der Waals surface area (Å²) in [6, 6.07) is 9.69. The molecule has 2 heterocycles. The lowest BCUT2D eigenvalue weighted by molar-refractivity contribution is 0.0995. The van der Waals surface area contributed by atoms with E-state index in [9.17, 15) is 13.2 Å². The fourth-order valence-electron chi connectivity index (χ4n) is 4.00. The molecule has 0 saturated carbocycles. The Morgan fingerprint density at radius 3 is 2.59 bits per heavy atom. The van der Waals surface area contributed by atoms with E-state index in [1.54, 1.807) is 34.6 Å². The van der Waals surface area contributed by atoms with Gasteiger partial charge in [-0.2, -0.15) is 4.31 Å². The second-order valence-corrected chi connectivity index (χ2v) is 10.1. The van der Waals surface area contributed by atoms with Crippen molar-refractivity contribution in [2.45, 2.75) is 44.2 Å². The molecule has 1 aliphatic rings. The number of hydrogen-bond donors (Lipinski definition) is 1. The second kappa shape index (κ2) is 9.09. The molecule has 0 radical (unpaired) electrons. The van der Waals surface area contributed by atoms with Crippen molar-refractivity contribution >= 4 is 38.6 Å². The molecule has 1 amide bonds. The van der Waals surface area contributed by atoms with Gasteiger partial charge in [-0.25, -0.2) is 13.4 Å². The maximum absolute atomic E-state index is 13.0. The van der Waals surface area contributed by atoms with Crippen molar-refractivity contribution in [2.75, 3.05) is 13.1 Å². The van der Waals surface area contributed by atoms with Gasteiger partial charge in [0, 0.05) is 24.7 Å². The maximum atomic E-state index is 13.0. The van der Waals surface area contributed by atoms with Gasteiger partial charge < -0.3 is 15.0 Å². The van der Waals surface area contributed by atoms with Gasteiger partial charge in [0.1, 0.15) is 18.2 Å². The number of piperidine rings is 1. The number of rotatable bonds is 7. The maximum Gasteiger partial charge on any atom is 0.252 e. The summed E-state index contributed by atoms with van der Waals surface area (Å²) in [5.74, 6) is 0.282. The van der Waals surface area contributed by atoms with E-state index >= 15 is 0 Å². The molecule has 32 heavy (non-hydrogen) atoms. The Bertz CT molecular complexity index is 1270. The molecule has 1 aliphatic heterocycles. The molecule has 2 N–H and O–H groups in total. The summed E-state index contributed by atoms with van der Waals surface area (Å²) < 4.78 is 35.4. The first-order valence-corrected chi connectivity index (χ1v) is 12.3. The van der Waals surface area contributed by atoms with Crippen LogP contribution in [0.5, 0.6) is 5.75 Å². The molecule has 10 heteroatoms. The molecular formula is C22H25ClN4O4S. The van der Waals surface area contributed by atoms with Crippen LogP contribution < -0.4 is 10.5 Å². The monoisotopic (exact) mass is 476 g/mol. The van der Waals surface area contributed by atoms with Gasteiger partial charge in [-0.05, 0) is 56.2 Å². The van der Waals surface area contributed by atoms with Gasteiger partial charge in [0.2, 0.25) is 10.0 Å². The zero-order valence-corrected chi connectivity index (χ0v) is 19.3. The Labute approximate surface area is 192 Å². The third kappa shape index (κ3) is 4.32. The van der Waals surface area contributed by atoms with E-state index in [0.29, 0.717) is 41.7 Å². The van der Waals surface area contributed by atoms with E-state index < -0.39 is 15.9 Å². The largest absolute Gasteiger partial charge is 0.485 e. The normalized spacial score (nSPS) is 15.2. The molecule has 8 nitrogen and oxygen atoms in total. The van der Waals surface area contributed by atoms with Crippen LogP contribution in [-0.2, 0) is 23.2 Å². The first kappa shape index (κ1) is 22.6. The summed E-state index contributed by atoms with van der Waals surface area (Å²) in [6.07, 6.45) is 2.82. The van der Waals surface area contributed by atoms with Crippen LogP contribution in [0.15, 0.2) is 41.3 Å². The number of primary amides is 1. The summed E-state index contributed by atoms with van der Waals surface area (Å²) in [7, 11) is -3.55. The van der Waals surface area contributed by atoms with Crippen molar-refractivity contribution < 1.29 is 17.9 Å². The van der Waals surface area contributed by atoms with Gasteiger partial charge in [0.25, 0.3) is 5.91 Å². The molecule has 4 rings (SSSR count). The zero-order chi connectivity index (χ0) is 22.9. The van der Waals surface area contributed by atoms with Crippen molar-refractivity contribution in [1.29, 1.82) is 0 Å². The average Bonchev–Trinajstić information content (AvgIpc) is 3.15. The first-order chi connectivity index (χ1) is 15.3. The highest BCUT2D eigenvalue weighted by Crippen LogP contribution is 2.27. The SMILES string of the molecule is CCn1c(COc2ccc(Cl)cc2C(N)=O)nc2cc(S(=O)(=O)N3CCCCC3)ccc21. The number of aryl methyl sites for hydroxylation is 1. The van der Waals surface area contributed by atoms with Crippen LogP contribution in [0.1, 0.15) is 42.4 Å². The molecule has 0 bridgehead atoms. The summed E-state index contributed by atoms with van der Waals surface area (Å²) in [4.78, 5) is 16.6. The Morgan fingerprint density at radius 2 is 1.91 bits per heavy atom. The van der Waals surface area contributed by atoms with Crippen molar-refractivity contribution in [1.82, 2.24) is 13.9 Å². The number of halogens is 1. The van der Waals surface area contributed by atoms with Crippen LogP contribution in [0, 0.1) is 0 Å². The fourth-order valence-corrected chi connectivity index (χ4v) is 5.71. The molecule has 0 spiro atoms. The smallest absolute Gasteiger partial charge is 0.252 e. The molecule has 0 atom stereocenters. The van der Waals surface area contributed by atoms with Gasteiger partial charge in [-0.1, -0.05) is 18.0 Å². The number of carbonyl (C=O) groups is 1. The predicted molar refractivity (Wildman–Crippen MR) is 122 cm³/mol. The molecule has 1 fully saturated rings. The molecule has 3 aromatic rings. The molecule has 0 unspecified atom stereocenters. The van der Waals surface area contributed by atoms with E-state index in [1.807, 2.05) is 11.5 Å². The van der Waals surface area contributed by atoms with E-state index in [4.69, 9.17) is 22.1 Å². The van der Waals surface area contributed by atoms with E-state index in [0.717, 1.165) is 24.8 Å². The van der Waals surface area contributed by atoms with E-state index in [1.165, 1.54) is 6.07 Å². The van der Waals surface area contributed by atoms with Crippen molar-refractivity contribution in [3.05, 3.63) is 52.8 Å². The number of fused-ring (bicyclic) bond motifs is 1. The molecule has 0 aliphatic carbocycles. The molecule has 1 saturated heterocycles. The van der Waals surface area contributed by atoms with Crippen LogP contribution in [0.3, 0.4) is 0 Å². The predicted octanol–water partition coefficient (Wildman–Crippen LogP) is 3.56. The van der Waals surface area contributed by atoms with Gasteiger partial charge in [0.15, 0.2) is 0 Å². The van der Waals surface area contributed by atoms with Crippen LogP contribution in [0.4, 0.5) is 0 Å². The Morgan fingerprint density at radius 1 is 1.16 bits per heavy atom. The number of imidazole rings is 1. The van der Waals surface area contributed by atoms with Crippen LogP contribution in [0.25, 0.3) is 11.0 Å². The molecule has 2 aromatic carbocycles. The van der Waals surface area contributed by atoms with E-state index in [2.05, 4.69) is 4.98 Å². The van der Waals surface area contributed by atoms with Crippen LogP contribution in [-0.4, -0.2) is 41.3 Å². The van der Waals surface area contributed by atoms with Gasteiger partial charge in [-0.3, -0.25) is 4.79 Å². The molecule has 170 valence electrons. The van der Waals surface area contributed by atoms with Crippen molar-refractivity contribution in [3.8, 4) is 5.75 Å². The number of hydrogen-bond acceptors (Lipinski definition) is 5. The number of nitrogens with zero attached hydrogens (tertiary/aromatic N) is 3. The summed E-state index contributed by atoms with van der Waals surface area (Å²) in [5.41, 5.74) is 7.01. The number of aromatic nitrogens is 2. The quantitative estimate of drug-likeness (QED) is 0.561. The fraction of sp³-hybridized carbons (Fsp3) is 0.364. The summed E-state index contributed by atoms with van der Waals surface area (Å²) >= 11 is 5.95. The van der Waals surface area contributed by atoms with Crippen LogP contribution in [0.2, 0.25) is 5.02 Å². The number of sulfonamides is 1. The lowest BCUT2D eigenvalue weighted by atomic mass is 10.2. The third-order valence-corrected chi connectivity index (χ3v) is 7.76. The zero-order valence-electron chi connectivity index (χ0n) is 17.8. The number of amides is 1. The van der Waals surface area contributed by atoms with Gasteiger partial charge in [-0.15, -0.1) is 0 Å². The Hall–Kier alpha value is -2.62. The number of nitrogens with two attached hydrogens (primary N) is 1. The highest BCUT2D eigenvalue weighted by molar-refractivity contribution is 7.89. The van der Waals surface area contributed by atoms with Crippen molar-refractivity contribution in [2.24, 2.45) is 5.73 Å².